The summed E-state index contributed by atoms with van der Waals surface area (Å²) in [7, 11) is 0. The van der Waals surface area contributed by atoms with Crippen molar-refractivity contribution in [2.24, 2.45) is 0 Å². The van der Waals surface area contributed by atoms with E-state index in [0.717, 1.165) is 33.9 Å². The van der Waals surface area contributed by atoms with Gasteiger partial charge in [-0.25, -0.2) is 14.5 Å². The Balaban J connectivity index is 1.42. The second-order valence-corrected chi connectivity index (χ2v) is 13.9. The van der Waals surface area contributed by atoms with Crippen LogP contribution < -0.4 is 0 Å². The Hall–Kier alpha value is -9.13. The minimum absolute atomic E-state index is 0.225. The molecular weight excluding hydrogens is 758 g/mol. The molecule has 0 aliphatic heterocycles. The summed E-state index contributed by atoms with van der Waals surface area (Å²) in [6, 6.07) is 41.2. The van der Waals surface area contributed by atoms with Crippen LogP contribution in [0.15, 0.2) is 127 Å². The normalized spacial score (nSPS) is 11.2. The van der Waals surface area contributed by atoms with E-state index in [1.807, 2.05) is 39.5 Å². The summed E-state index contributed by atoms with van der Waals surface area (Å²) in [5.74, 6) is 0. The van der Waals surface area contributed by atoms with E-state index in [9.17, 15) is 29.0 Å². The molecule has 2 heterocycles. The quantitative estimate of drug-likeness (QED) is 0.166. The fourth-order valence-corrected chi connectivity index (χ4v) is 8.01. The van der Waals surface area contributed by atoms with Crippen molar-refractivity contribution in [1.29, 1.82) is 15.8 Å². The molecule has 0 radical (unpaired) electrons. The average Bonchev–Trinajstić information content (AvgIpc) is 3.78. The lowest BCUT2D eigenvalue weighted by Crippen LogP contribution is -2.04. The highest BCUT2D eigenvalue weighted by Crippen LogP contribution is 2.46. The van der Waals surface area contributed by atoms with Gasteiger partial charge in [0.15, 0.2) is 17.1 Å². The van der Waals surface area contributed by atoms with Crippen LogP contribution in [0.5, 0.6) is 0 Å². The van der Waals surface area contributed by atoms with E-state index in [-0.39, 0.29) is 11.3 Å². The molecule has 0 atom stereocenters. The molecule has 9 aromatic rings. The number of halogens is 3. The second kappa shape index (κ2) is 13.8. The number of nitriles is 3. The minimum Gasteiger partial charge on any atom is -0.309 e. The maximum absolute atomic E-state index is 14.0. The minimum atomic E-state index is -4.69. The Morgan fingerprint density at radius 3 is 1.48 bits per heavy atom. The van der Waals surface area contributed by atoms with E-state index in [2.05, 4.69) is 32.7 Å². The van der Waals surface area contributed by atoms with Crippen LogP contribution in [0, 0.1) is 53.7 Å². The Bertz CT molecular complexity index is 3480. The van der Waals surface area contributed by atoms with E-state index < -0.39 is 11.7 Å². The predicted molar refractivity (Wildman–Crippen MR) is 224 cm³/mol. The molecule has 0 aliphatic carbocycles. The summed E-state index contributed by atoms with van der Waals surface area (Å²) < 4.78 is 45.9. The first-order valence-electron chi connectivity index (χ1n) is 18.1. The fourth-order valence-electron chi connectivity index (χ4n) is 8.01. The van der Waals surface area contributed by atoms with Crippen LogP contribution >= 0.6 is 0 Å². The van der Waals surface area contributed by atoms with Crippen molar-refractivity contribution < 1.29 is 13.2 Å². The molecule has 0 bridgehead atoms. The molecule has 0 fully saturated rings. The van der Waals surface area contributed by atoms with Gasteiger partial charge in [0.25, 0.3) is 0 Å². The molecule has 278 valence electrons. The van der Waals surface area contributed by atoms with Crippen molar-refractivity contribution in [2.45, 2.75) is 6.18 Å². The van der Waals surface area contributed by atoms with Crippen molar-refractivity contribution in [2.75, 3.05) is 0 Å². The van der Waals surface area contributed by atoms with Gasteiger partial charge in [0.2, 0.25) is 0 Å². The van der Waals surface area contributed by atoms with Crippen LogP contribution in [0.3, 0.4) is 0 Å². The summed E-state index contributed by atoms with van der Waals surface area (Å²) in [4.78, 5) is 10.8. The second-order valence-electron chi connectivity index (χ2n) is 13.9. The van der Waals surface area contributed by atoms with Gasteiger partial charge in [-0.2, -0.15) is 29.0 Å². The summed E-state index contributed by atoms with van der Waals surface area (Å²) >= 11 is 0. The van der Waals surface area contributed by atoms with Crippen LogP contribution in [0.25, 0.3) is 91.8 Å². The number of fused-ring (bicyclic) bond motifs is 6. The van der Waals surface area contributed by atoms with Crippen molar-refractivity contribution in [3.05, 3.63) is 184 Å². The van der Waals surface area contributed by atoms with Gasteiger partial charge in [-0.3, -0.25) is 0 Å². The van der Waals surface area contributed by atoms with Gasteiger partial charge in [-0.1, -0.05) is 30.3 Å². The third kappa shape index (κ3) is 5.72. The summed E-state index contributed by atoms with van der Waals surface area (Å²) in [5.41, 5.74) is 6.38. The molecule has 0 aliphatic rings. The highest BCUT2D eigenvalue weighted by atomic mass is 19.4. The van der Waals surface area contributed by atoms with Crippen LogP contribution in [0.2, 0.25) is 0 Å². The third-order valence-electron chi connectivity index (χ3n) is 10.7. The Morgan fingerprint density at radius 1 is 0.450 bits per heavy atom. The third-order valence-corrected chi connectivity index (χ3v) is 10.7. The lowest BCUT2D eigenvalue weighted by Gasteiger charge is -2.20. The summed E-state index contributed by atoms with van der Waals surface area (Å²) in [6.45, 7) is 23.4. The number of benzene rings is 7. The fraction of sp³-hybridized carbons (Fsp3) is 0.0204. The number of hydrogen-bond donors (Lipinski definition) is 0. The largest absolute Gasteiger partial charge is 0.415 e. The monoisotopic (exact) mass is 778 g/mol. The standard InChI is InChI=1S/C49H21F3N8/c1-56-32-8-16-45-41(22-32)39-19-29(26-54)4-13-44(39)59(45)34-10-12-35(36-11-7-31(49(50,51)52)21-43(36)58-3)37(24-34)38-18-28(25-53)5-14-46(38)60-47-15-6-30(27-55)20-40(47)42-23-33(57-2)9-17-48(42)60/h4-24H. The lowest BCUT2D eigenvalue weighted by atomic mass is 9.90. The van der Waals surface area contributed by atoms with E-state index in [1.54, 1.807) is 78.9 Å². The maximum Gasteiger partial charge on any atom is 0.415 e. The number of rotatable bonds is 4. The molecule has 0 saturated heterocycles. The summed E-state index contributed by atoms with van der Waals surface area (Å²) in [6.07, 6.45) is -4.69. The molecule has 9 rings (SSSR count). The molecule has 0 spiro atoms. The van der Waals surface area contributed by atoms with E-state index in [1.165, 1.54) is 6.07 Å². The zero-order valence-electron chi connectivity index (χ0n) is 30.8. The van der Waals surface area contributed by atoms with Gasteiger partial charge < -0.3 is 9.13 Å². The van der Waals surface area contributed by atoms with Gasteiger partial charge in [-0.15, -0.1) is 0 Å². The molecule has 7 aromatic carbocycles. The number of nitrogens with zero attached hydrogens (tertiary/aromatic N) is 8. The van der Waals surface area contributed by atoms with Crippen molar-refractivity contribution >= 4 is 60.7 Å². The molecule has 60 heavy (non-hydrogen) atoms. The predicted octanol–water partition coefficient (Wildman–Crippen LogP) is 13.5. The summed E-state index contributed by atoms with van der Waals surface area (Å²) in [5, 5.41) is 32.8. The van der Waals surface area contributed by atoms with Crippen molar-refractivity contribution in [3.63, 3.8) is 0 Å². The molecule has 8 nitrogen and oxygen atoms in total. The van der Waals surface area contributed by atoms with Crippen LogP contribution in [-0.2, 0) is 6.18 Å². The van der Waals surface area contributed by atoms with Gasteiger partial charge in [0.05, 0.1) is 82.4 Å². The first-order valence-corrected chi connectivity index (χ1v) is 18.1. The first-order chi connectivity index (χ1) is 29.1. The van der Waals surface area contributed by atoms with E-state index in [4.69, 9.17) is 19.7 Å². The SMILES string of the molecule is [C-]#[N+]c1ccc2c(c1)c1cc(C#N)ccc1n2-c1ccc(-c2ccc(C(F)(F)F)cc2[N+]#[C-])c(-c2cc(C#N)ccc2-n2c3ccc(C#N)cc3c3cc([N+]#[C-])ccc32)c1. The molecular formula is C49H21F3N8. The Labute approximate surface area is 339 Å². The first kappa shape index (κ1) is 36.5. The highest BCUT2D eigenvalue weighted by molar-refractivity contribution is 6.12. The smallest absolute Gasteiger partial charge is 0.309 e. The molecule has 0 N–H and O–H groups in total. The number of alkyl halides is 3. The maximum atomic E-state index is 14.0. The molecule has 0 saturated carbocycles. The van der Waals surface area contributed by atoms with Gasteiger partial charge in [0.1, 0.15) is 0 Å². The van der Waals surface area contributed by atoms with Crippen molar-refractivity contribution in [1.82, 2.24) is 9.13 Å². The molecule has 2 aromatic heterocycles. The van der Waals surface area contributed by atoms with E-state index in [0.29, 0.717) is 77.9 Å². The van der Waals surface area contributed by atoms with Gasteiger partial charge in [0, 0.05) is 27.6 Å². The Morgan fingerprint density at radius 2 is 0.950 bits per heavy atom. The molecule has 11 heteroatoms. The average molecular weight is 779 g/mol. The zero-order valence-corrected chi connectivity index (χ0v) is 30.8. The van der Waals surface area contributed by atoms with Crippen LogP contribution in [-0.4, -0.2) is 9.13 Å². The van der Waals surface area contributed by atoms with Gasteiger partial charge in [-0.05, 0) is 125 Å². The van der Waals surface area contributed by atoms with Crippen LogP contribution in [0.1, 0.15) is 22.3 Å². The lowest BCUT2D eigenvalue weighted by molar-refractivity contribution is -0.137. The van der Waals surface area contributed by atoms with Crippen molar-refractivity contribution in [3.8, 4) is 51.8 Å². The number of aromatic nitrogens is 2. The van der Waals surface area contributed by atoms with Gasteiger partial charge >= 0.3 is 6.18 Å². The molecule has 0 amide bonds. The van der Waals surface area contributed by atoms with E-state index >= 15 is 0 Å². The highest BCUT2D eigenvalue weighted by Gasteiger charge is 2.31. The Kier molecular flexibility index (Phi) is 8.40. The zero-order chi connectivity index (χ0) is 41.9. The number of hydrogen-bond acceptors (Lipinski definition) is 3. The molecule has 0 unspecified atom stereocenters. The topological polar surface area (TPSA) is 94.3 Å². The van der Waals surface area contributed by atoms with Crippen LogP contribution in [0.4, 0.5) is 30.2 Å².